The van der Waals surface area contributed by atoms with Gasteiger partial charge < -0.3 is 19.8 Å². The van der Waals surface area contributed by atoms with Gasteiger partial charge in [-0.15, -0.1) is 11.3 Å². The minimum Gasteiger partial charge on any atom is -0.509 e. The van der Waals surface area contributed by atoms with Crippen LogP contribution < -0.4 is 0 Å². The van der Waals surface area contributed by atoms with Crippen molar-refractivity contribution in [2.24, 2.45) is 11.3 Å². The quantitative estimate of drug-likeness (QED) is 0.659. The Balaban J connectivity index is 1.58. The van der Waals surface area contributed by atoms with Gasteiger partial charge >= 0.3 is 0 Å². The van der Waals surface area contributed by atoms with E-state index in [-0.39, 0.29) is 11.5 Å². The molecule has 5 aliphatic rings. The lowest BCUT2D eigenvalue weighted by molar-refractivity contribution is -0.118. The Labute approximate surface area is 176 Å². The third kappa shape index (κ3) is 2.04. The summed E-state index contributed by atoms with van der Waals surface area (Å²) in [6.45, 7) is 0.987. The van der Waals surface area contributed by atoms with E-state index in [1.165, 1.54) is 11.1 Å². The summed E-state index contributed by atoms with van der Waals surface area (Å²) in [4.78, 5) is 7.06. The van der Waals surface area contributed by atoms with Crippen LogP contribution in [0.5, 0.6) is 0 Å². The number of halogens is 1. The maximum atomic E-state index is 11.2. The van der Waals surface area contributed by atoms with Crippen LogP contribution in [0.2, 0.25) is 0 Å². The van der Waals surface area contributed by atoms with E-state index in [1.807, 2.05) is 17.5 Å². The Kier molecular flexibility index (Phi) is 3.69. The van der Waals surface area contributed by atoms with Gasteiger partial charge in [-0.2, -0.15) is 0 Å². The minimum atomic E-state index is -0.891. The Morgan fingerprint density at radius 2 is 2.29 bits per heavy atom. The van der Waals surface area contributed by atoms with Crippen molar-refractivity contribution in [1.29, 1.82) is 0 Å². The van der Waals surface area contributed by atoms with Gasteiger partial charge in [0.2, 0.25) is 0 Å². The molecule has 148 valence electrons. The van der Waals surface area contributed by atoms with Gasteiger partial charge in [-0.3, -0.25) is 0 Å². The van der Waals surface area contributed by atoms with Crippen LogP contribution in [0.4, 0.5) is 0 Å². The molecule has 2 bridgehead atoms. The van der Waals surface area contributed by atoms with Gasteiger partial charge in [0.05, 0.1) is 17.9 Å². The molecular weight excluding hydrogens is 440 g/mol. The van der Waals surface area contributed by atoms with Crippen LogP contribution in [0.25, 0.3) is 0 Å². The van der Waals surface area contributed by atoms with E-state index in [2.05, 4.69) is 38.9 Å². The van der Waals surface area contributed by atoms with E-state index >= 15 is 0 Å². The van der Waals surface area contributed by atoms with Crippen LogP contribution in [0.15, 0.2) is 44.4 Å². The van der Waals surface area contributed by atoms with E-state index in [0.29, 0.717) is 24.1 Å². The van der Waals surface area contributed by atoms with Crippen molar-refractivity contribution in [3.63, 3.8) is 0 Å². The molecule has 0 radical (unpaired) electrons. The molecule has 1 unspecified atom stereocenters. The van der Waals surface area contributed by atoms with Crippen molar-refractivity contribution < 1.29 is 14.9 Å². The third-order valence-corrected chi connectivity index (χ3v) is 9.12. The highest BCUT2D eigenvalue weighted by atomic mass is 79.9. The number of hydrogen-bond acceptors (Lipinski definition) is 6. The molecule has 28 heavy (non-hydrogen) atoms. The SMILES string of the molecule is CN1CC[C@]23C4=C5CC=C(O)C4(Cc4csc(Br)n4)O[C@H]2[C@@H](O)C=C[C@H]3[C@H]1C5. The number of piperidine rings is 1. The van der Waals surface area contributed by atoms with Crippen LogP contribution in [0, 0.1) is 11.3 Å². The number of rotatable bonds is 2. The predicted octanol–water partition coefficient (Wildman–Crippen LogP) is 3.37. The number of hydrogen-bond donors (Lipinski definition) is 2. The van der Waals surface area contributed by atoms with Crippen molar-refractivity contribution in [2.45, 2.75) is 49.5 Å². The van der Waals surface area contributed by atoms with Crippen LogP contribution in [0.3, 0.4) is 0 Å². The monoisotopic (exact) mass is 462 g/mol. The number of likely N-dealkylation sites (tertiary alicyclic amines) is 1. The second-order valence-electron chi connectivity index (χ2n) is 8.85. The second-order valence-corrected chi connectivity index (χ2v) is 11.0. The summed E-state index contributed by atoms with van der Waals surface area (Å²) >= 11 is 5.00. The zero-order valence-electron chi connectivity index (χ0n) is 15.6. The molecule has 0 saturated carbocycles. The highest BCUT2D eigenvalue weighted by Crippen LogP contribution is 2.68. The number of aromatic nitrogens is 1. The fraction of sp³-hybridized carbons (Fsp3) is 0.571. The fourth-order valence-corrected chi connectivity index (χ4v) is 7.74. The van der Waals surface area contributed by atoms with Gasteiger partial charge in [-0.25, -0.2) is 4.98 Å². The van der Waals surface area contributed by atoms with Crippen LogP contribution >= 0.6 is 27.3 Å². The van der Waals surface area contributed by atoms with Crippen molar-refractivity contribution in [2.75, 3.05) is 13.6 Å². The van der Waals surface area contributed by atoms with Gasteiger partial charge in [0.1, 0.15) is 5.76 Å². The first-order valence-electron chi connectivity index (χ1n) is 9.92. The topological polar surface area (TPSA) is 65.8 Å². The molecule has 1 aromatic rings. The average Bonchev–Trinajstić information content (AvgIpc) is 3.21. The fourth-order valence-electron chi connectivity index (χ4n) is 6.69. The molecule has 2 N–H and O–H groups in total. The molecule has 7 heteroatoms. The number of thiazole rings is 1. The summed E-state index contributed by atoms with van der Waals surface area (Å²) in [6, 6.07) is 0.431. The summed E-state index contributed by atoms with van der Waals surface area (Å²) in [5.74, 6) is 0.607. The van der Waals surface area contributed by atoms with Crippen molar-refractivity contribution in [3.8, 4) is 0 Å². The highest BCUT2D eigenvalue weighted by Gasteiger charge is 2.71. The largest absolute Gasteiger partial charge is 0.509 e. The number of aliphatic hydroxyl groups excluding tert-OH is 2. The van der Waals surface area contributed by atoms with Gasteiger partial charge in [0.15, 0.2) is 9.52 Å². The minimum absolute atomic E-state index is 0.228. The van der Waals surface area contributed by atoms with Crippen molar-refractivity contribution >= 4 is 27.3 Å². The molecule has 2 saturated heterocycles. The molecule has 0 amide bonds. The molecule has 1 spiro atoms. The first-order chi connectivity index (χ1) is 13.5. The van der Waals surface area contributed by atoms with Gasteiger partial charge in [0.25, 0.3) is 0 Å². The zero-order valence-corrected chi connectivity index (χ0v) is 18.0. The lowest BCUT2D eigenvalue weighted by Gasteiger charge is -2.58. The van der Waals surface area contributed by atoms with Gasteiger partial charge in [-0.05, 0) is 60.4 Å². The van der Waals surface area contributed by atoms with Gasteiger partial charge in [-0.1, -0.05) is 17.7 Å². The summed E-state index contributed by atoms with van der Waals surface area (Å²) in [6.07, 6.45) is 8.32. The van der Waals surface area contributed by atoms with E-state index in [9.17, 15) is 10.2 Å². The summed E-state index contributed by atoms with van der Waals surface area (Å²) in [7, 11) is 2.21. The smallest absolute Gasteiger partial charge is 0.159 e. The molecule has 3 heterocycles. The molecule has 6 atom stereocenters. The Bertz CT molecular complexity index is 955. The molecule has 1 aromatic heterocycles. The van der Waals surface area contributed by atoms with E-state index < -0.39 is 11.7 Å². The van der Waals surface area contributed by atoms with Crippen LogP contribution in [0.1, 0.15) is 25.0 Å². The lowest BCUT2D eigenvalue weighted by atomic mass is 9.50. The van der Waals surface area contributed by atoms with E-state index in [4.69, 9.17) is 4.74 Å². The van der Waals surface area contributed by atoms with Crippen molar-refractivity contribution in [1.82, 2.24) is 9.88 Å². The molecule has 0 aromatic carbocycles. The molecule has 2 fully saturated rings. The first-order valence-corrected chi connectivity index (χ1v) is 11.6. The van der Waals surface area contributed by atoms with Crippen LogP contribution in [-0.2, 0) is 11.2 Å². The number of ether oxygens (including phenoxy) is 1. The number of allylic oxidation sites excluding steroid dienone is 1. The maximum Gasteiger partial charge on any atom is 0.159 e. The average molecular weight is 463 g/mol. The van der Waals surface area contributed by atoms with Gasteiger partial charge in [0, 0.05) is 29.2 Å². The third-order valence-electron chi connectivity index (χ3n) is 7.70. The Hall–Kier alpha value is -0.990. The predicted molar refractivity (Wildman–Crippen MR) is 110 cm³/mol. The molecule has 6 rings (SSSR count). The number of nitrogens with zero attached hydrogens (tertiary/aromatic N) is 2. The van der Waals surface area contributed by atoms with E-state index in [0.717, 1.165) is 35.4 Å². The van der Waals surface area contributed by atoms with E-state index in [1.54, 1.807) is 11.3 Å². The highest BCUT2D eigenvalue weighted by molar-refractivity contribution is 9.11. The maximum absolute atomic E-state index is 11.2. The Morgan fingerprint density at radius 3 is 3.07 bits per heavy atom. The standard InChI is InChI=1S/C21H23BrN2O3S/c1-24-7-6-20-13-3-4-15(25)18(20)27-21(9-12-10-28-19(22)23-12)16(26)5-2-11(17(20)21)8-14(13)24/h3-5,10,13-15,18,25-26H,2,6-9H2,1H3/t13-,14+,15-,18-,20-,21?/m0/s1. The molecule has 5 nitrogen and oxygen atoms in total. The Morgan fingerprint density at radius 1 is 1.43 bits per heavy atom. The second kappa shape index (κ2) is 5.79. The van der Waals surface area contributed by atoms with Crippen molar-refractivity contribution in [3.05, 3.63) is 50.1 Å². The lowest BCUT2D eigenvalue weighted by Crippen LogP contribution is -2.62. The molecule has 2 aliphatic heterocycles. The zero-order chi connectivity index (χ0) is 19.3. The first kappa shape index (κ1) is 17.8. The molecular formula is C21H23BrN2O3S. The summed E-state index contributed by atoms with van der Waals surface area (Å²) < 4.78 is 7.58. The normalized spacial score (nSPS) is 43.9. The summed E-state index contributed by atoms with van der Waals surface area (Å²) in [5.41, 5.74) is 2.44. The van der Waals surface area contributed by atoms with Crippen LogP contribution in [-0.4, -0.2) is 57.5 Å². The molecule has 3 aliphatic carbocycles. The number of aliphatic hydroxyl groups is 2. The summed E-state index contributed by atoms with van der Waals surface area (Å²) in [5, 5.41) is 24.1.